The predicted octanol–water partition coefficient (Wildman–Crippen LogP) is 2.14. The molecule has 0 amide bonds. The third-order valence-electron chi connectivity index (χ3n) is 2.39. The maximum atomic E-state index is 12.9. The molecule has 0 bridgehead atoms. The molecule has 4 heteroatoms. The highest BCUT2D eigenvalue weighted by atomic mass is 19.1. The van der Waals surface area contributed by atoms with Crippen LogP contribution in [0.1, 0.15) is 19.4 Å². The van der Waals surface area contributed by atoms with E-state index in [-0.39, 0.29) is 24.6 Å². The number of Topliss-reactive ketones (excluding diaryl/α,β-unsaturated/α-hetero) is 1. The zero-order valence-corrected chi connectivity index (χ0v) is 9.90. The lowest BCUT2D eigenvalue weighted by atomic mass is 9.99. The molecule has 0 radical (unpaired) electrons. The van der Waals surface area contributed by atoms with E-state index in [1.807, 2.05) is 0 Å². The number of benzene rings is 1. The average Bonchev–Trinajstić information content (AvgIpc) is 2.28. The van der Waals surface area contributed by atoms with Gasteiger partial charge in [0.25, 0.3) is 0 Å². The average molecular weight is 238 g/mol. The summed E-state index contributed by atoms with van der Waals surface area (Å²) in [6, 6.07) is 5.78. The van der Waals surface area contributed by atoms with Crippen molar-refractivity contribution in [2.75, 3.05) is 6.61 Å². The van der Waals surface area contributed by atoms with E-state index in [4.69, 9.17) is 4.74 Å². The molecule has 1 aromatic carbocycles. The highest BCUT2D eigenvalue weighted by Crippen LogP contribution is 2.09. The van der Waals surface area contributed by atoms with Gasteiger partial charge in [-0.15, -0.1) is 0 Å². The maximum Gasteiger partial charge on any atom is 0.316 e. The molecular weight excluding hydrogens is 223 g/mol. The summed E-state index contributed by atoms with van der Waals surface area (Å²) in [5.41, 5.74) is 0.561. The van der Waals surface area contributed by atoms with E-state index in [1.54, 1.807) is 13.0 Å². The number of esters is 1. The highest BCUT2D eigenvalue weighted by molar-refractivity contribution is 5.99. The largest absolute Gasteiger partial charge is 0.465 e. The Morgan fingerprint density at radius 2 is 2.12 bits per heavy atom. The highest BCUT2D eigenvalue weighted by Gasteiger charge is 2.22. The fourth-order valence-corrected chi connectivity index (χ4v) is 1.40. The molecule has 1 unspecified atom stereocenters. The second-order valence-corrected chi connectivity index (χ2v) is 3.75. The number of ether oxygens (including phenoxy) is 1. The van der Waals surface area contributed by atoms with Crippen LogP contribution in [0.3, 0.4) is 0 Å². The Balaban J connectivity index is 2.63. The Labute approximate surface area is 99.6 Å². The van der Waals surface area contributed by atoms with Crippen LogP contribution in [-0.4, -0.2) is 18.4 Å². The molecule has 0 saturated heterocycles. The third-order valence-corrected chi connectivity index (χ3v) is 2.39. The lowest BCUT2D eigenvalue weighted by Crippen LogP contribution is -2.24. The van der Waals surface area contributed by atoms with Gasteiger partial charge < -0.3 is 4.74 Å². The molecule has 0 aliphatic rings. The molecule has 17 heavy (non-hydrogen) atoms. The molecule has 92 valence electrons. The quantitative estimate of drug-likeness (QED) is 0.583. The Morgan fingerprint density at radius 3 is 2.71 bits per heavy atom. The van der Waals surface area contributed by atoms with Gasteiger partial charge in [-0.3, -0.25) is 9.59 Å². The number of ketones is 1. The molecule has 1 aromatic rings. The topological polar surface area (TPSA) is 43.4 Å². The maximum absolute atomic E-state index is 12.9. The molecule has 0 fully saturated rings. The minimum absolute atomic E-state index is 0.0394. The summed E-state index contributed by atoms with van der Waals surface area (Å²) >= 11 is 0. The van der Waals surface area contributed by atoms with Crippen molar-refractivity contribution in [2.45, 2.75) is 20.3 Å². The normalized spacial score (nSPS) is 11.9. The Morgan fingerprint density at radius 1 is 1.41 bits per heavy atom. The monoisotopic (exact) mass is 238 g/mol. The van der Waals surface area contributed by atoms with Crippen molar-refractivity contribution in [3.8, 4) is 0 Å². The third kappa shape index (κ3) is 3.98. The van der Waals surface area contributed by atoms with E-state index < -0.39 is 11.9 Å². The summed E-state index contributed by atoms with van der Waals surface area (Å²) in [5, 5.41) is 0. The number of hydrogen-bond donors (Lipinski definition) is 0. The Hall–Kier alpha value is -1.71. The van der Waals surface area contributed by atoms with Crippen molar-refractivity contribution in [3.05, 3.63) is 35.6 Å². The Kier molecular flexibility index (Phi) is 4.82. The Bertz CT molecular complexity index is 415. The van der Waals surface area contributed by atoms with Crippen LogP contribution < -0.4 is 0 Å². The van der Waals surface area contributed by atoms with Crippen LogP contribution in [0.5, 0.6) is 0 Å². The first kappa shape index (κ1) is 13.4. The molecule has 0 saturated carbocycles. The van der Waals surface area contributed by atoms with Crippen molar-refractivity contribution in [1.82, 2.24) is 0 Å². The fraction of sp³-hybridized carbons (Fsp3) is 0.385. The fourth-order valence-electron chi connectivity index (χ4n) is 1.40. The standard InChI is InChI=1S/C13H15FO3/c1-3-17-13(16)9(2)12(15)8-10-5-4-6-11(14)7-10/h4-7,9H,3,8H2,1-2H3. The van der Waals surface area contributed by atoms with Gasteiger partial charge in [0.05, 0.1) is 6.61 Å². The van der Waals surface area contributed by atoms with Gasteiger partial charge in [-0.2, -0.15) is 0 Å². The van der Waals surface area contributed by atoms with Crippen molar-refractivity contribution >= 4 is 11.8 Å². The number of halogens is 1. The van der Waals surface area contributed by atoms with E-state index >= 15 is 0 Å². The van der Waals surface area contributed by atoms with E-state index in [2.05, 4.69) is 0 Å². The minimum atomic E-state index is -0.807. The summed E-state index contributed by atoms with van der Waals surface area (Å²) < 4.78 is 17.6. The molecular formula is C13H15FO3. The number of carbonyl (C=O) groups is 2. The lowest BCUT2D eigenvalue weighted by molar-refractivity contribution is -0.150. The second-order valence-electron chi connectivity index (χ2n) is 3.75. The van der Waals surface area contributed by atoms with Crippen LogP contribution >= 0.6 is 0 Å². The first-order chi connectivity index (χ1) is 8.04. The summed E-state index contributed by atoms with van der Waals surface area (Å²) in [7, 11) is 0. The van der Waals surface area contributed by atoms with E-state index in [0.29, 0.717) is 5.56 Å². The lowest BCUT2D eigenvalue weighted by Gasteiger charge is -2.09. The minimum Gasteiger partial charge on any atom is -0.465 e. The smallest absolute Gasteiger partial charge is 0.316 e. The zero-order valence-electron chi connectivity index (χ0n) is 9.90. The van der Waals surface area contributed by atoms with Crippen LogP contribution in [0.2, 0.25) is 0 Å². The van der Waals surface area contributed by atoms with Crippen LogP contribution in [0.15, 0.2) is 24.3 Å². The summed E-state index contributed by atoms with van der Waals surface area (Å²) in [6.07, 6.45) is 0.0394. The van der Waals surface area contributed by atoms with Crippen molar-refractivity contribution in [3.63, 3.8) is 0 Å². The SMILES string of the molecule is CCOC(=O)C(C)C(=O)Cc1cccc(F)c1. The van der Waals surface area contributed by atoms with Gasteiger partial charge in [0.15, 0.2) is 5.78 Å². The number of hydrogen-bond acceptors (Lipinski definition) is 3. The summed E-state index contributed by atoms with van der Waals surface area (Å²) in [5.74, 6) is -2.00. The molecule has 0 spiro atoms. The number of carbonyl (C=O) groups excluding carboxylic acids is 2. The predicted molar refractivity (Wildman–Crippen MR) is 60.9 cm³/mol. The van der Waals surface area contributed by atoms with Crippen LogP contribution in [-0.2, 0) is 20.7 Å². The first-order valence-corrected chi connectivity index (χ1v) is 5.48. The van der Waals surface area contributed by atoms with Crippen LogP contribution in [0.25, 0.3) is 0 Å². The molecule has 1 rings (SSSR count). The molecule has 0 N–H and O–H groups in total. The van der Waals surface area contributed by atoms with Gasteiger partial charge in [0.1, 0.15) is 11.7 Å². The summed E-state index contributed by atoms with van der Waals surface area (Å²) in [6.45, 7) is 3.43. The molecule has 0 aliphatic carbocycles. The van der Waals surface area contributed by atoms with Crippen molar-refractivity contribution in [2.24, 2.45) is 5.92 Å². The first-order valence-electron chi connectivity index (χ1n) is 5.48. The number of rotatable bonds is 5. The molecule has 1 atom stereocenters. The van der Waals surface area contributed by atoms with Crippen LogP contribution in [0.4, 0.5) is 4.39 Å². The summed E-state index contributed by atoms with van der Waals surface area (Å²) in [4.78, 5) is 23.0. The second kappa shape index (κ2) is 6.13. The molecule has 0 heterocycles. The van der Waals surface area contributed by atoms with Crippen LogP contribution in [0, 0.1) is 11.7 Å². The molecule has 0 aromatic heterocycles. The van der Waals surface area contributed by atoms with Crippen molar-refractivity contribution in [1.29, 1.82) is 0 Å². The van der Waals surface area contributed by atoms with Gasteiger partial charge >= 0.3 is 5.97 Å². The van der Waals surface area contributed by atoms with Gasteiger partial charge in [-0.25, -0.2) is 4.39 Å². The van der Waals surface area contributed by atoms with Gasteiger partial charge in [0.2, 0.25) is 0 Å². The van der Waals surface area contributed by atoms with E-state index in [9.17, 15) is 14.0 Å². The van der Waals surface area contributed by atoms with Crippen molar-refractivity contribution < 1.29 is 18.7 Å². The zero-order chi connectivity index (χ0) is 12.8. The molecule has 0 aliphatic heterocycles. The molecule has 3 nitrogen and oxygen atoms in total. The van der Waals surface area contributed by atoms with E-state index in [1.165, 1.54) is 25.1 Å². The van der Waals surface area contributed by atoms with Gasteiger partial charge in [-0.05, 0) is 31.5 Å². The van der Waals surface area contributed by atoms with E-state index in [0.717, 1.165) is 0 Å². The van der Waals surface area contributed by atoms with Gasteiger partial charge in [0, 0.05) is 6.42 Å². The van der Waals surface area contributed by atoms with Gasteiger partial charge in [-0.1, -0.05) is 12.1 Å².